The Kier molecular flexibility index (Phi) is 77.4. The van der Waals surface area contributed by atoms with Crippen LogP contribution in [0.3, 0.4) is 0 Å². The van der Waals surface area contributed by atoms with E-state index in [4.69, 9.17) is 18.5 Å². The second kappa shape index (κ2) is 81.7. The molecule has 0 rings (SSSR count). The molecule has 0 aromatic heterocycles. The van der Waals surface area contributed by atoms with Crippen LogP contribution in [0.5, 0.6) is 0 Å². The minimum absolute atomic E-state index is 0.0406. The number of quaternary nitrogens is 1. The highest BCUT2D eigenvalue weighted by molar-refractivity contribution is 7.45. The number of rotatable bonds is 75. The van der Waals surface area contributed by atoms with Gasteiger partial charge in [-0.15, -0.1) is 0 Å². The van der Waals surface area contributed by atoms with Crippen molar-refractivity contribution in [1.82, 2.24) is 0 Å². The summed E-state index contributed by atoms with van der Waals surface area (Å²) < 4.78 is 34.4. The van der Waals surface area contributed by atoms with Crippen molar-refractivity contribution in [2.45, 2.75) is 328 Å². The van der Waals surface area contributed by atoms with E-state index >= 15 is 0 Å². The van der Waals surface area contributed by atoms with Crippen LogP contribution in [0, 0.1) is 0 Å². The maximum Gasteiger partial charge on any atom is 0.306 e. The molecule has 0 saturated carbocycles. The largest absolute Gasteiger partial charge is 0.756 e. The second-order valence-electron chi connectivity index (χ2n) is 28.4. The normalized spacial score (nSPS) is 14.1. The Hall–Kier alpha value is -5.41. The van der Waals surface area contributed by atoms with Crippen LogP contribution in [0.15, 0.2) is 207 Å². The second-order valence-corrected chi connectivity index (χ2v) is 29.8. The molecule has 0 bridgehead atoms. The first-order valence-corrected chi connectivity index (χ1v) is 43.3. The SMILES string of the molecule is CC/C=C\C/C=C\C/C=C\C/C=C\C/C=C\C/C=C\C/C=C\C/C=C\C/C=C\C/C=C\CCCCCCCCCCC(=O)OC(COC(=O)CCCCCCCCCCCCCCCCCCCCC/C=C\C/C=C\C/C=C\C/C=C\C/C=C\C/C=C\C/C=C\CC)COP(=O)([O-])OCC[N+](C)(C)C. The molecule has 0 aliphatic heterocycles. The summed E-state index contributed by atoms with van der Waals surface area (Å²) in [5.74, 6) is -0.845. The van der Waals surface area contributed by atoms with E-state index in [9.17, 15) is 19.0 Å². The highest BCUT2D eigenvalue weighted by Crippen LogP contribution is 2.38. The number of hydrogen-bond donors (Lipinski definition) is 0. The summed E-state index contributed by atoms with van der Waals surface area (Å²) in [7, 11) is 1.15. The van der Waals surface area contributed by atoms with Crippen LogP contribution in [-0.2, 0) is 32.7 Å². The lowest BCUT2D eigenvalue weighted by molar-refractivity contribution is -0.870. The van der Waals surface area contributed by atoms with Crippen LogP contribution in [0.25, 0.3) is 0 Å². The molecule has 2 atom stereocenters. The van der Waals surface area contributed by atoms with Gasteiger partial charge in [-0.25, -0.2) is 0 Å². The number of ether oxygens (including phenoxy) is 2. The lowest BCUT2D eigenvalue weighted by Gasteiger charge is -2.28. The van der Waals surface area contributed by atoms with Crippen LogP contribution in [-0.4, -0.2) is 70.0 Å². The zero-order valence-corrected chi connectivity index (χ0v) is 68.0. The minimum atomic E-state index is -4.66. The van der Waals surface area contributed by atoms with Gasteiger partial charge in [-0.05, 0) is 148 Å². The summed E-state index contributed by atoms with van der Waals surface area (Å²) in [5, 5.41) is 0. The molecule has 0 aromatic carbocycles. The Labute approximate surface area is 640 Å². The summed E-state index contributed by atoms with van der Waals surface area (Å²) in [5.41, 5.74) is 0. The van der Waals surface area contributed by atoms with E-state index in [0.717, 1.165) is 154 Å². The molecule has 9 nitrogen and oxygen atoms in total. The first-order valence-electron chi connectivity index (χ1n) is 41.8. The maximum absolute atomic E-state index is 12.9. The van der Waals surface area contributed by atoms with Gasteiger partial charge in [-0.1, -0.05) is 368 Å². The van der Waals surface area contributed by atoms with Gasteiger partial charge in [0, 0.05) is 12.8 Å². The van der Waals surface area contributed by atoms with Crippen LogP contribution in [0.1, 0.15) is 322 Å². The van der Waals surface area contributed by atoms with Crippen molar-refractivity contribution in [3.8, 4) is 0 Å². The third-order valence-electron chi connectivity index (χ3n) is 17.3. The molecular weight excluding hydrogens is 1300 g/mol. The van der Waals surface area contributed by atoms with Gasteiger partial charge in [0.25, 0.3) is 7.82 Å². The van der Waals surface area contributed by atoms with Crippen LogP contribution < -0.4 is 4.89 Å². The van der Waals surface area contributed by atoms with E-state index < -0.39 is 26.5 Å². The highest BCUT2D eigenvalue weighted by Gasteiger charge is 2.22. The molecule has 0 aromatic rings. The van der Waals surface area contributed by atoms with Gasteiger partial charge in [-0.2, -0.15) is 0 Å². The molecule has 0 saturated heterocycles. The van der Waals surface area contributed by atoms with E-state index in [0.29, 0.717) is 17.4 Å². The van der Waals surface area contributed by atoms with Gasteiger partial charge in [0.2, 0.25) is 0 Å². The van der Waals surface area contributed by atoms with Crippen LogP contribution in [0.4, 0.5) is 0 Å². The molecule has 0 aliphatic rings. The third kappa shape index (κ3) is 85.5. The molecule has 2 unspecified atom stereocenters. The van der Waals surface area contributed by atoms with Crippen molar-refractivity contribution in [3.63, 3.8) is 0 Å². The number of nitrogens with zero attached hydrogens (tertiary/aromatic N) is 1. The zero-order chi connectivity index (χ0) is 75.4. The molecule has 588 valence electrons. The van der Waals surface area contributed by atoms with Gasteiger partial charge in [-0.3, -0.25) is 14.2 Å². The van der Waals surface area contributed by atoms with E-state index in [1.54, 1.807) is 0 Å². The number of phosphoric ester groups is 1. The third-order valence-corrected chi connectivity index (χ3v) is 18.3. The average Bonchev–Trinajstić information content (AvgIpc) is 0.915. The van der Waals surface area contributed by atoms with Crippen molar-refractivity contribution < 1.29 is 42.1 Å². The van der Waals surface area contributed by atoms with E-state index in [-0.39, 0.29) is 32.0 Å². The quantitative estimate of drug-likeness (QED) is 0.0195. The number of esters is 2. The molecule has 0 aliphatic carbocycles. The van der Waals surface area contributed by atoms with Crippen molar-refractivity contribution in [3.05, 3.63) is 207 Å². The first-order chi connectivity index (χ1) is 51.0. The number of carbonyl (C=O) groups excluding carboxylic acids is 2. The molecule has 0 spiro atoms. The molecular formula is C94H154NO8P. The Bertz CT molecular complexity index is 2520. The number of carbonyl (C=O) groups is 2. The van der Waals surface area contributed by atoms with Crippen LogP contribution in [0.2, 0.25) is 0 Å². The van der Waals surface area contributed by atoms with Crippen molar-refractivity contribution in [2.75, 3.05) is 47.5 Å². The first kappa shape index (κ1) is 98.6. The van der Waals surface area contributed by atoms with E-state index in [1.165, 1.54) is 135 Å². The predicted octanol–water partition coefficient (Wildman–Crippen LogP) is 27.9. The fourth-order valence-corrected chi connectivity index (χ4v) is 11.7. The maximum atomic E-state index is 12.9. The lowest BCUT2D eigenvalue weighted by atomic mass is 10.0. The Morgan fingerprint density at radius 1 is 0.298 bits per heavy atom. The summed E-state index contributed by atoms with van der Waals surface area (Å²) >= 11 is 0. The number of likely N-dealkylation sites (N-methyl/N-ethyl adjacent to an activating group) is 1. The molecule has 0 N–H and O–H groups in total. The number of allylic oxidation sites excluding steroid dienone is 34. The van der Waals surface area contributed by atoms with Gasteiger partial charge >= 0.3 is 11.9 Å². The summed E-state index contributed by atoms with van der Waals surface area (Å²) in [6.07, 6.45) is 128. The summed E-state index contributed by atoms with van der Waals surface area (Å²) in [6.45, 7) is 4.01. The lowest BCUT2D eigenvalue weighted by Crippen LogP contribution is -2.37. The predicted molar refractivity (Wildman–Crippen MR) is 452 cm³/mol. The monoisotopic (exact) mass is 1460 g/mol. The molecule has 0 radical (unpaired) electrons. The van der Waals surface area contributed by atoms with Gasteiger partial charge in [0.05, 0.1) is 27.7 Å². The van der Waals surface area contributed by atoms with Gasteiger partial charge < -0.3 is 27.9 Å². The number of hydrogen-bond acceptors (Lipinski definition) is 8. The Morgan fingerprint density at radius 2 is 0.519 bits per heavy atom. The minimum Gasteiger partial charge on any atom is -0.756 e. The summed E-state index contributed by atoms with van der Waals surface area (Å²) in [4.78, 5) is 38.2. The van der Waals surface area contributed by atoms with Crippen molar-refractivity contribution in [2.24, 2.45) is 0 Å². The standard InChI is InChI=1S/C94H154NO8P/c1-6-8-10-12-14-16-18-20-22-24-26-28-30-32-34-36-38-40-42-44-46-47-49-50-52-54-56-58-60-62-64-66-68-70-72-74-76-78-80-82-84-86-93(96)100-90-92(91-102-104(98,99)101-89-88-95(3,4)5)103-94(97)87-85-83-81-79-77-75-73-71-69-67-65-63-61-59-57-55-53-51-48-45-43-41-39-37-35-33-31-29-27-25-23-21-19-17-15-13-11-9-7-2/h8-11,14-17,20-23,26-29,32-35,38-41,44-46,48,53,55,59,61,65,67,92H,6-7,12-13,18-19,24-25,30-31,36-37,42-43,47,49-52,54,56-58,60,62-64,66,68-91H2,1-5H3/b10-8-,11-9-,16-14-,17-15-,22-20-,23-21-,28-26-,29-27-,34-32-,35-33-,40-38-,41-39-,46-44-,48-45-,55-53-,61-59-,67-65-. The molecule has 0 heterocycles. The Morgan fingerprint density at radius 3 is 0.769 bits per heavy atom. The van der Waals surface area contributed by atoms with Gasteiger partial charge in [0.1, 0.15) is 19.8 Å². The van der Waals surface area contributed by atoms with E-state index in [2.05, 4.69) is 220 Å². The fraction of sp³-hybridized carbons (Fsp3) is 0.617. The van der Waals surface area contributed by atoms with E-state index in [1.807, 2.05) is 21.1 Å². The fourth-order valence-electron chi connectivity index (χ4n) is 11.0. The Balaban J connectivity index is 4.03. The zero-order valence-electron chi connectivity index (χ0n) is 67.1. The molecule has 10 heteroatoms. The average molecular weight is 1460 g/mol. The smallest absolute Gasteiger partial charge is 0.306 e. The summed E-state index contributed by atoms with van der Waals surface area (Å²) in [6, 6.07) is 0. The van der Waals surface area contributed by atoms with Crippen LogP contribution >= 0.6 is 7.82 Å². The highest BCUT2D eigenvalue weighted by atomic mass is 31.2. The van der Waals surface area contributed by atoms with Gasteiger partial charge in [0.15, 0.2) is 6.10 Å². The van der Waals surface area contributed by atoms with Crippen molar-refractivity contribution >= 4 is 19.8 Å². The topological polar surface area (TPSA) is 111 Å². The number of unbranched alkanes of at least 4 members (excludes halogenated alkanes) is 27. The molecule has 0 amide bonds. The molecule has 0 fully saturated rings. The molecule has 104 heavy (non-hydrogen) atoms. The number of phosphoric acid groups is 1. The van der Waals surface area contributed by atoms with Crippen molar-refractivity contribution in [1.29, 1.82) is 0 Å².